The molecule has 0 heterocycles. The number of carbonyl (C=O) groups excluding carboxylic acids is 8. The van der Waals surface area contributed by atoms with Crippen LogP contribution in [-0.2, 0) is 51.3 Å². The van der Waals surface area contributed by atoms with Crippen LogP contribution in [0.2, 0.25) is 0 Å². The third kappa shape index (κ3) is 25.4. The number of aromatic hydroxyl groups is 1. The summed E-state index contributed by atoms with van der Waals surface area (Å²) in [4.78, 5) is 115. The molecule has 2 rings (SSSR count). The molecule has 0 radical (unpaired) electrons. The lowest BCUT2D eigenvalue weighted by Gasteiger charge is -2.29. The first-order chi connectivity index (χ1) is 36.2. The molecule has 2 aromatic carbocycles. The second-order valence-electron chi connectivity index (χ2n) is 21.1. The fourth-order valence-electron chi connectivity index (χ4n) is 8.22. The maximum atomic E-state index is 14.4. The van der Waals surface area contributed by atoms with E-state index in [2.05, 4.69) is 47.5 Å². The minimum Gasteiger partial charge on any atom is -0.508 e. The highest BCUT2D eigenvalue weighted by Gasteiger charge is 2.35. The summed E-state index contributed by atoms with van der Waals surface area (Å²) in [5.74, 6) is -6.14. The van der Waals surface area contributed by atoms with Crippen molar-refractivity contribution in [2.75, 3.05) is 13.1 Å². The Bertz CT molecular complexity index is 2290. The summed E-state index contributed by atoms with van der Waals surface area (Å²) in [5.41, 5.74) is 24.3. The fourth-order valence-corrected chi connectivity index (χ4v) is 8.22. The molecule has 0 saturated carbocycles. The van der Waals surface area contributed by atoms with Crippen LogP contribution < -0.4 is 65.5 Å². The Morgan fingerprint density at radius 2 is 0.961 bits per heavy atom. The summed E-state index contributed by atoms with van der Waals surface area (Å²) in [7, 11) is 0. The van der Waals surface area contributed by atoms with Gasteiger partial charge in [0.2, 0.25) is 47.3 Å². The van der Waals surface area contributed by atoms with Gasteiger partial charge in [-0.05, 0) is 105 Å². The van der Waals surface area contributed by atoms with E-state index in [1.165, 1.54) is 19.1 Å². The Morgan fingerprint density at radius 1 is 0.532 bits per heavy atom. The van der Waals surface area contributed by atoms with Gasteiger partial charge in [-0.1, -0.05) is 91.8 Å². The van der Waals surface area contributed by atoms with Gasteiger partial charge in [0.15, 0.2) is 5.96 Å². The van der Waals surface area contributed by atoms with Crippen molar-refractivity contribution in [2.24, 2.45) is 51.6 Å². The fraction of sp³-hybridized carbons (Fsp3) is 0.593. The molecule has 0 bridgehead atoms. The van der Waals surface area contributed by atoms with Gasteiger partial charge in [-0.2, -0.15) is 0 Å². The highest BCUT2D eigenvalue weighted by atomic mass is 16.3. The molecular formula is C54H88N14O9. The molecule has 0 aliphatic carbocycles. The summed E-state index contributed by atoms with van der Waals surface area (Å²) in [5, 5.41) is 39.8. The van der Waals surface area contributed by atoms with Crippen LogP contribution in [0, 0.1) is 29.1 Å². The highest BCUT2D eigenvalue weighted by Crippen LogP contribution is 2.16. The zero-order valence-electron chi connectivity index (χ0n) is 46.4. The minimum atomic E-state index is -1.28. The van der Waals surface area contributed by atoms with Crippen molar-refractivity contribution in [3.8, 4) is 5.75 Å². The lowest BCUT2D eigenvalue weighted by Crippen LogP contribution is -2.61. The zero-order chi connectivity index (χ0) is 57.9. The number of nitrogens with one attached hydrogen (secondary N) is 9. The molecule has 18 N–H and O–H groups in total. The molecule has 23 nitrogen and oxygen atoms in total. The number of nitrogen functional groups attached to an aromatic ring is 1. The molecular weight excluding hydrogens is 989 g/mol. The number of nitrogens with zero attached hydrogens (tertiary/aromatic N) is 1. The van der Waals surface area contributed by atoms with E-state index in [4.69, 9.17) is 28.3 Å². The van der Waals surface area contributed by atoms with Crippen LogP contribution in [-0.4, -0.2) is 120 Å². The van der Waals surface area contributed by atoms with E-state index >= 15 is 0 Å². The van der Waals surface area contributed by atoms with Crippen molar-refractivity contribution in [1.29, 1.82) is 5.41 Å². The Morgan fingerprint density at radius 3 is 1.43 bits per heavy atom. The Labute approximate surface area is 453 Å². The number of nitrogens with two attached hydrogens (primary N) is 4. The monoisotopic (exact) mass is 1080 g/mol. The third-order valence-electron chi connectivity index (χ3n) is 12.2. The van der Waals surface area contributed by atoms with Crippen LogP contribution in [0.1, 0.15) is 130 Å². The quantitative estimate of drug-likeness (QED) is 0.0264. The number of hydrogen-bond donors (Lipinski definition) is 14. The van der Waals surface area contributed by atoms with Gasteiger partial charge >= 0.3 is 0 Å². The smallest absolute Gasteiger partial charge is 0.243 e. The number of hydrogen-bond acceptors (Lipinski definition) is 12. The van der Waals surface area contributed by atoms with Gasteiger partial charge < -0.3 is 70.6 Å². The Kier molecular flexibility index (Phi) is 28.8. The van der Waals surface area contributed by atoms with Crippen LogP contribution in [0.25, 0.3) is 0 Å². The second kappa shape index (κ2) is 33.7. The average Bonchev–Trinajstić information content (AvgIpc) is 3.34. The molecule has 0 spiro atoms. The molecule has 8 amide bonds. The molecule has 0 aromatic heterocycles. The maximum Gasteiger partial charge on any atom is 0.243 e. The number of rotatable bonds is 34. The number of phenols is 1. The van der Waals surface area contributed by atoms with E-state index in [9.17, 15) is 43.5 Å². The summed E-state index contributed by atoms with van der Waals surface area (Å²) >= 11 is 0. The van der Waals surface area contributed by atoms with Crippen molar-refractivity contribution in [2.45, 2.75) is 169 Å². The summed E-state index contributed by atoms with van der Waals surface area (Å²) < 4.78 is 0. The van der Waals surface area contributed by atoms with E-state index < -0.39 is 95.5 Å². The molecule has 428 valence electrons. The molecule has 0 aliphatic rings. The molecule has 2 aromatic rings. The SMILES string of the molecule is CC(=O)N[C@@H](CC(C)C)C(=O)N[C@@H](Cc1ccc(O)cc1)C(=O)N[C@@H](CC(C)C)C(=O)N[C@@H](CC(C)C)C(=O)N[C@@H](CCCN=C(N)N)C(=O)N[C@H](C(=O)N[C@@H](CCCCN)C(=O)NCc1ccc(C(=N)N)cc1)C(C)C. The largest absolute Gasteiger partial charge is 0.508 e. The summed E-state index contributed by atoms with van der Waals surface area (Å²) in [6.45, 7) is 16.4. The third-order valence-corrected chi connectivity index (χ3v) is 12.2. The molecule has 77 heavy (non-hydrogen) atoms. The summed E-state index contributed by atoms with van der Waals surface area (Å²) in [6.07, 6.45) is 2.03. The number of benzene rings is 2. The minimum absolute atomic E-state index is 0.000775. The lowest BCUT2D eigenvalue weighted by molar-refractivity contribution is -0.136. The van der Waals surface area contributed by atoms with Crippen molar-refractivity contribution < 1.29 is 43.5 Å². The number of amidine groups is 1. The first-order valence-corrected chi connectivity index (χ1v) is 26.5. The van der Waals surface area contributed by atoms with E-state index in [0.717, 1.165) is 5.56 Å². The van der Waals surface area contributed by atoms with Crippen LogP contribution in [0.5, 0.6) is 5.75 Å². The van der Waals surface area contributed by atoms with Gasteiger partial charge in [-0.15, -0.1) is 0 Å². The van der Waals surface area contributed by atoms with Gasteiger partial charge in [-0.25, -0.2) is 0 Å². The molecule has 0 fully saturated rings. The van der Waals surface area contributed by atoms with Crippen LogP contribution >= 0.6 is 0 Å². The molecule has 0 unspecified atom stereocenters. The molecule has 23 heteroatoms. The normalized spacial score (nSPS) is 13.9. The molecule has 0 aliphatic heterocycles. The van der Waals surface area contributed by atoms with E-state index in [1.807, 2.05) is 41.5 Å². The predicted octanol–water partition coefficient (Wildman–Crippen LogP) is 0.926. The average molecular weight is 1080 g/mol. The first kappa shape index (κ1) is 65.8. The predicted molar refractivity (Wildman–Crippen MR) is 296 cm³/mol. The van der Waals surface area contributed by atoms with Crippen LogP contribution in [0.3, 0.4) is 0 Å². The van der Waals surface area contributed by atoms with Gasteiger partial charge in [-0.3, -0.25) is 48.8 Å². The standard InChI is InChI=1S/C54H88N14O9/c1-30(2)25-41(62-34(9)69)49(73)67-44(28-35-17-21-38(70)22-18-35)52(76)66-43(27-32(5)6)51(75)65-42(26-31(3)4)50(74)63-40(14-12-24-60-54(58)59)48(72)68-45(33(7)8)53(77)64-39(13-10-11-23-55)47(71)61-29-36-15-19-37(20-16-36)46(56)57/h15-22,30-33,39-45,70H,10-14,23-29,55H2,1-9H3,(H3,56,57)(H,61,71)(H,62,69)(H,63,74)(H,64,77)(H,65,75)(H,66,76)(H,67,73)(H,68,72)(H4,58,59,60)/t39-,40-,41-,42-,43-,44-,45-/m0/s1. The number of amides is 8. The van der Waals surface area contributed by atoms with Crippen LogP contribution in [0.4, 0.5) is 0 Å². The number of carbonyl (C=O) groups is 8. The van der Waals surface area contributed by atoms with Crippen molar-refractivity contribution in [1.82, 2.24) is 42.5 Å². The Hall–Kier alpha value is -7.30. The number of unbranched alkanes of at least 4 members (excludes halogenated alkanes) is 1. The van der Waals surface area contributed by atoms with Crippen LogP contribution in [0.15, 0.2) is 53.5 Å². The van der Waals surface area contributed by atoms with Gasteiger partial charge in [0.25, 0.3) is 0 Å². The van der Waals surface area contributed by atoms with Crippen molar-refractivity contribution in [3.63, 3.8) is 0 Å². The van der Waals surface area contributed by atoms with Crippen molar-refractivity contribution >= 4 is 59.1 Å². The van der Waals surface area contributed by atoms with E-state index in [0.29, 0.717) is 30.5 Å². The first-order valence-electron chi connectivity index (χ1n) is 26.5. The molecule has 7 atom stereocenters. The van der Waals surface area contributed by atoms with Crippen molar-refractivity contribution in [3.05, 3.63) is 65.2 Å². The Balaban J connectivity index is 2.44. The number of phenolic OH excluding ortho intramolecular Hbond substituents is 1. The number of guanidine groups is 1. The summed E-state index contributed by atoms with van der Waals surface area (Å²) in [6, 6.07) is 4.73. The highest BCUT2D eigenvalue weighted by molar-refractivity contribution is 5.98. The lowest BCUT2D eigenvalue weighted by atomic mass is 9.98. The van der Waals surface area contributed by atoms with Gasteiger partial charge in [0.05, 0.1) is 0 Å². The van der Waals surface area contributed by atoms with Gasteiger partial charge in [0, 0.05) is 32.0 Å². The van der Waals surface area contributed by atoms with E-state index in [-0.39, 0.29) is 93.3 Å². The number of aliphatic imine (C=N–C) groups is 1. The second-order valence-corrected chi connectivity index (χ2v) is 21.1. The zero-order valence-corrected chi connectivity index (χ0v) is 46.4. The van der Waals surface area contributed by atoms with E-state index in [1.54, 1.807) is 50.2 Å². The topological polar surface area (TPSA) is 393 Å². The maximum absolute atomic E-state index is 14.4. The van der Waals surface area contributed by atoms with Gasteiger partial charge in [0.1, 0.15) is 53.9 Å². The molecule has 0 saturated heterocycles.